The molecule has 31 heavy (non-hydrogen) atoms. The number of H-pyrrole nitrogens is 1. The summed E-state index contributed by atoms with van der Waals surface area (Å²) in [5.74, 6) is 1.19. The van der Waals surface area contributed by atoms with E-state index in [9.17, 15) is 4.79 Å². The van der Waals surface area contributed by atoms with Gasteiger partial charge in [-0.25, -0.2) is 9.97 Å². The molecule has 156 valence electrons. The second-order valence-electron chi connectivity index (χ2n) is 7.94. The fourth-order valence-corrected chi connectivity index (χ4v) is 4.11. The number of fused-ring (bicyclic) bond motifs is 1. The molecule has 3 heterocycles. The zero-order chi connectivity index (χ0) is 21.2. The molecule has 1 aliphatic rings. The number of rotatable bonds is 4. The number of hydrogen-bond donors (Lipinski definition) is 2. The second kappa shape index (κ2) is 8.18. The smallest absolute Gasteiger partial charge is 0.259 e. The van der Waals surface area contributed by atoms with Gasteiger partial charge < -0.3 is 10.2 Å². The van der Waals surface area contributed by atoms with Crippen LogP contribution in [-0.2, 0) is 0 Å². The number of anilines is 2. The summed E-state index contributed by atoms with van der Waals surface area (Å²) in [4.78, 5) is 24.9. The van der Waals surface area contributed by atoms with E-state index in [4.69, 9.17) is 4.98 Å². The molecule has 1 saturated heterocycles. The van der Waals surface area contributed by atoms with Gasteiger partial charge >= 0.3 is 0 Å². The van der Waals surface area contributed by atoms with E-state index in [2.05, 4.69) is 25.4 Å². The maximum atomic E-state index is 13.5. The second-order valence-corrected chi connectivity index (χ2v) is 7.94. The van der Waals surface area contributed by atoms with Crippen LogP contribution in [0.1, 0.15) is 35.2 Å². The third kappa shape index (κ3) is 3.86. The molecule has 2 aromatic heterocycles. The fraction of sp³-hybridized carbons (Fsp3) is 0.250. The van der Waals surface area contributed by atoms with Crippen molar-refractivity contribution < 1.29 is 4.79 Å². The van der Waals surface area contributed by atoms with Gasteiger partial charge in [0.25, 0.3) is 5.91 Å². The van der Waals surface area contributed by atoms with E-state index in [0.29, 0.717) is 17.1 Å². The number of nitrogens with one attached hydrogen (secondary N) is 2. The zero-order valence-electron chi connectivity index (χ0n) is 17.4. The highest BCUT2D eigenvalue weighted by Gasteiger charge is 2.22. The predicted octanol–water partition coefficient (Wildman–Crippen LogP) is 4.57. The van der Waals surface area contributed by atoms with Crippen molar-refractivity contribution in [3.63, 3.8) is 0 Å². The normalized spacial score (nSPS) is 14.0. The van der Waals surface area contributed by atoms with Gasteiger partial charge in [-0.1, -0.05) is 29.8 Å². The van der Waals surface area contributed by atoms with Crippen molar-refractivity contribution in [3.8, 4) is 11.4 Å². The topological polar surface area (TPSA) is 86.8 Å². The van der Waals surface area contributed by atoms with Gasteiger partial charge in [-0.15, -0.1) is 0 Å². The molecule has 1 amide bonds. The molecule has 0 atom stereocenters. The number of carbonyl (C=O) groups excluding carboxylic acids is 1. The molecule has 7 nitrogen and oxygen atoms in total. The number of aryl methyl sites for hydroxylation is 1. The van der Waals surface area contributed by atoms with E-state index in [1.54, 1.807) is 0 Å². The van der Waals surface area contributed by atoms with Crippen molar-refractivity contribution >= 4 is 28.3 Å². The Hall–Kier alpha value is -3.74. The van der Waals surface area contributed by atoms with Crippen LogP contribution >= 0.6 is 0 Å². The first kappa shape index (κ1) is 19.2. The highest BCUT2D eigenvalue weighted by Crippen LogP contribution is 2.30. The molecule has 0 unspecified atom stereocenters. The molecule has 7 heteroatoms. The van der Waals surface area contributed by atoms with Gasteiger partial charge in [0.2, 0.25) is 0 Å². The van der Waals surface area contributed by atoms with Crippen LogP contribution in [0.4, 0.5) is 11.5 Å². The van der Waals surface area contributed by atoms with Crippen molar-refractivity contribution in [1.29, 1.82) is 0 Å². The lowest BCUT2D eigenvalue weighted by Gasteiger charge is -2.29. The number of pyridine rings is 1. The van der Waals surface area contributed by atoms with Gasteiger partial charge in [-0.2, -0.15) is 5.10 Å². The summed E-state index contributed by atoms with van der Waals surface area (Å²) in [5, 5.41) is 10.9. The lowest BCUT2D eigenvalue weighted by atomic mass is 10.1. The van der Waals surface area contributed by atoms with Crippen LogP contribution in [0.3, 0.4) is 0 Å². The number of aromatic nitrogens is 4. The Morgan fingerprint density at radius 1 is 1.06 bits per heavy atom. The maximum absolute atomic E-state index is 13.5. The van der Waals surface area contributed by atoms with Gasteiger partial charge in [0, 0.05) is 24.0 Å². The summed E-state index contributed by atoms with van der Waals surface area (Å²) in [7, 11) is 0. The van der Waals surface area contributed by atoms with E-state index >= 15 is 0 Å². The third-order valence-corrected chi connectivity index (χ3v) is 5.70. The number of nitrogens with zero attached hydrogens (tertiary/aromatic N) is 4. The number of amides is 1. The minimum atomic E-state index is -0.177. The molecule has 0 radical (unpaired) electrons. The van der Waals surface area contributed by atoms with Gasteiger partial charge in [0.15, 0.2) is 5.82 Å². The van der Waals surface area contributed by atoms with Crippen molar-refractivity contribution in [2.75, 3.05) is 23.3 Å². The van der Waals surface area contributed by atoms with Crippen molar-refractivity contribution in [1.82, 2.24) is 20.2 Å². The van der Waals surface area contributed by atoms with Crippen molar-refractivity contribution in [2.24, 2.45) is 0 Å². The highest BCUT2D eigenvalue weighted by atomic mass is 16.1. The Kier molecular flexibility index (Phi) is 5.08. The summed E-state index contributed by atoms with van der Waals surface area (Å²) in [6.45, 7) is 3.84. The number of piperidine rings is 1. The number of hydrogen-bond acceptors (Lipinski definition) is 5. The minimum absolute atomic E-state index is 0.177. The van der Waals surface area contributed by atoms with Crippen LogP contribution in [-0.4, -0.2) is 39.2 Å². The summed E-state index contributed by atoms with van der Waals surface area (Å²) < 4.78 is 0. The molecule has 2 N–H and O–H groups in total. The molecule has 0 saturated carbocycles. The molecular formula is C24H24N6O. The molecule has 1 fully saturated rings. The lowest BCUT2D eigenvalue weighted by molar-refractivity contribution is 0.102. The number of carbonyl (C=O) groups is 1. The monoisotopic (exact) mass is 412 g/mol. The summed E-state index contributed by atoms with van der Waals surface area (Å²) in [6, 6.07) is 15.7. The van der Waals surface area contributed by atoms with Gasteiger partial charge in [-0.05, 0) is 50.5 Å². The Morgan fingerprint density at radius 3 is 2.71 bits per heavy atom. The SMILES string of the molecule is Cc1ccc(NC(=O)c2cc3ccccc3nc2N2CCCCC2)c(-c2ncn[nH]2)c1. The molecule has 0 aliphatic carbocycles. The largest absolute Gasteiger partial charge is 0.356 e. The molecule has 2 aromatic carbocycles. The maximum Gasteiger partial charge on any atom is 0.259 e. The van der Waals surface area contributed by atoms with E-state index in [1.165, 1.54) is 12.7 Å². The van der Waals surface area contributed by atoms with Crippen molar-refractivity contribution in [2.45, 2.75) is 26.2 Å². The Labute approximate surface area is 180 Å². The van der Waals surface area contributed by atoms with E-state index in [0.717, 1.165) is 53.8 Å². The summed E-state index contributed by atoms with van der Waals surface area (Å²) in [6.07, 6.45) is 4.91. The van der Waals surface area contributed by atoms with Crippen LogP contribution in [0.15, 0.2) is 54.9 Å². The first-order valence-corrected chi connectivity index (χ1v) is 10.6. The van der Waals surface area contributed by atoms with Crippen LogP contribution < -0.4 is 10.2 Å². The third-order valence-electron chi connectivity index (χ3n) is 5.70. The molecule has 4 aromatic rings. The van der Waals surface area contributed by atoms with Crippen molar-refractivity contribution in [3.05, 3.63) is 66.0 Å². The van der Waals surface area contributed by atoms with Crippen LogP contribution in [0.25, 0.3) is 22.3 Å². The molecular weight excluding hydrogens is 388 g/mol. The average Bonchev–Trinajstić information content (AvgIpc) is 3.35. The van der Waals surface area contributed by atoms with Gasteiger partial charge in [0.05, 0.1) is 16.8 Å². The first-order chi connectivity index (χ1) is 15.2. The fourth-order valence-electron chi connectivity index (χ4n) is 4.11. The molecule has 0 spiro atoms. The minimum Gasteiger partial charge on any atom is -0.356 e. The van der Waals surface area contributed by atoms with E-state index in [-0.39, 0.29) is 5.91 Å². The Balaban J connectivity index is 1.56. The first-order valence-electron chi connectivity index (χ1n) is 10.6. The number of benzene rings is 2. The average molecular weight is 412 g/mol. The van der Waals surface area contributed by atoms with Crippen LogP contribution in [0.2, 0.25) is 0 Å². The molecule has 1 aliphatic heterocycles. The van der Waals surface area contributed by atoms with Crippen LogP contribution in [0.5, 0.6) is 0 Å². The Bertz CT molecular complexity index is 1230. The number of aromatic amines is 1. The quantitative estimate of drug-likeness (QED) is 0.513. The lowest BCUT2D eigenvalue weighted by Crippen LogP contribution is -2.32. The van der Waals surface area contributed by atoms with E-state index in [1.807, 2.05) is 55.5 Å². The van der Waals surface area contributed by atoms with Gasteiger partial charge in [0.1, 0.15) is 12.1 Å². The summed E-state index contributed by atoms with van der Waals surface area (Å²) >= 11 is 0. The van der Waals surface area contributed by atoms with Crippen LogP contribution in [0, 0.1) is 6.92 Å². The molecule has 5 rings (SSSR count). The Morgan fingerprint density at radius 2 is 1.90 bits per heavy atom. The molecule has 0 bridgehead atoms. The predicted molar refractivity (Wildman–Crippen MR) is 122 cm³/mol. The standard InChI is InChI=1S/C24H24N6O/c1-16-9-10-21(18(13-16)22-25-15-26-29-22)28-24(31)19-14-17-7-3-4-8-20(17)27-23(19)30-11-5-2-6-12-30/h3-4,7-10,13-15H,2,5-6,11-12H2,1H3,(H,28,31)(H,25,26,29). The van der Waals surface area contributed by atoms with E-state index < -0.39 is 0 Å². The number of para-hydroxylation sites is 1. The summed E-state index contributed by atoms with van der Waals surface area (Å²) in [5.41, 5.74) is 4.05. The van der Waals surface area contributed by atoms with Gasteiger partial charge in [-0.3, -0.25) is 9.89 Å². The zero-order valence-corrected chi connectivity index (χ0v) is 17.4. The highest BCUT2D eigenvalue weighted by molar-refractivity contribution is 6.10.